The van der Waals surface area contributed by atoms with E-state index in [4.69, 9.17) is 4.74 Å². The van der Waals surface area contributed by atoms with E-state index in [1.54, 1.807) is 7.11 Å². The Morgan fingerprint density at radius 1 is 1.38 bits per heavy atom. The number of nitrogens with one attached hydrogen (secondary N) is 2. The van der Waals surface area contributed by atoms with Crippen molar-refractivity contribution in [1.29, 1.82) is 0 Å². The lowest BCUT2D eigenvalue weighted by Gasteiger charge is -2.08. The summed E-state index contributed by atoms with van der Waals surface area (Å²) in [6.45, 7) is 2.80. The minimum Gasteiger partial charge on any atom is -0.496 e. The second-order valence-electron chi connectivity index (χ2n) is 2.89. The average molecular weight is 180 g/mol. The molecule has 0 spiro atoms. The van der Waals surface area contributed by atoms with Crippen molar-refractivity contribution in [2.45, 2.75) is 6.92 Å². The number of ether oxygens (including phenoxy) is 1. The number of hydrogen-bond donors (Lipinski definition) is 2. The summed E-state index contributed by atoms with van der Waals surface area (Å²) >= 11 is 0. The maximum Gasteiger partial charge on any atom is 0.121 e. The molecule has 2 N–H and O–H groups in total. The normalized spacial score (nSPS) is 9.77. The van der Waals surface area contributed by atoms with Gasteiger partial charge in [-0.05, 0) is 37.7 Å². The molecule has 0 saturated carbocycles. The molecule has 0 radical (unpaired) electrons. The Labute approximate surface area is 79.1 Å². The molecule has 1 aromatic rings. The van der Waals surface area contributed by atoms with Gasteiger partial charge in [-0.15, -0.1) is 0 Å². The topological polar surface area (TPSA) is 33.3 Å². The fourth-order valence-electron chi connectivity index (χ4n) is 1.18. The molecule has 0 heterocycles. The summed E-state index contributed by atoms with van der Waals surface area (Å²) in [6, 6.07) is 6.03. The Morgan fingerprint density at radius 2 is 2.15 bits per heavy atom. The largest absolute Gasteiger partial charge is 0.496 e. The molecule has 72 valence electrons. The lowest BCUT2D eigenvalue weighted by molar-refractivity contribution is 0.412. The lowest BCUT2D eigenvalue weighted by Crippen LogP contribution is -2.16. The predicted octanol–water partition coefficient (Wildman–Crippen LogP) is 1.59. The third kappa shape index (κ3) is 2.63. The van der Waals surface area contributed by atoms with Crippen molar-refractivity contribution in [2.24, 2.45) is 0 Å². The maximum absolute atomic E-state index is 5.16. The van der Waals surface area contributed by atoms with E-state index in [1.165, 1.54) is 0 Å². The Bertz CT molecular complexity index is 274. The molecule has 0 fully saturated rings. The number of anilines is 1. The van der Waals surface area contributed by atoms with Crippen LogP contribution in [0.4, 0.5) is 5.69 Å². The number of methoxy groups -OCH3 is 1. The highest BCUT2D eigenvalue weighted by Crippen LogP contribution is 2.20. The molecule has 0 aliphatic heterocycles. The number of hydrogen-bond acceptors (Lipinski definition) is 3. The Hall–Kier alpha value is -1.22. The van der Waals surface area contributed by atoms with Crippen LogP contribution in [0.5, 0.6) is 5.75 Å². The molecule has 3 nitrogen and oxygen atoms in total. The molecule has 0 aliphatic carbocycles. The van der Waals surface area contributed by atoms with Crippen LogP contribution in [0.2, 0.25) is 0 Å². The standard InChI is InChI=1S/C10H16N2O/c1-8-6-9(12-7-11-2)4-5-10(8)13-3/h4-6,11-12H,7H2,1-3H3. The molecule has 0 aliphatic rings. The third-order valence-electron chi connectivity index (χ3n) is 1.86. The van der Waals surface area contributed by atoms with E-state index >= 15 is 0 Å². The summed E-state index contributed by atoms with van der Waals surface area (Å²) in [5.41, 5.74) is 2.25. The molecule has 0 unspecified atom stereocenters. The number of rotatable bonds is 4. The number of benzene rings is 1. The van der Waals surface area contributed by atoms with Gasteiger partial charge in [0.25, 0.3) is 0 Å². The van der Waals surface area contributed by atoms with Crippen LogP contribution in [0, 0.1) is 6.92 Å². The SMILES string of the molecule is CNCNc1ccc(OC)c(C)c1. The van der Waals surface area contributed by atoms with E-state index in [1.807, 2.05) is 26.1 Å². The summed E-state index contributed by atoms with van der Waals surface area (Å²) in [5.74, 6) is 0.926. The van der Waals surface area contributed by atoms with Gasteiger partial charge >= 0.3 is 0 Å². The minimum atomic E-state index is 0.770. The highest BCUT2D eigenvalue weighted by atomic mass is 16.5. The van der Waals surface area contributed by atoms with Crippen LogP contribution in [0.25, 0.3) is 0 Å². The highest BCUT2D eigenvalue weighted by molar-refractivity contribution is 5.50. The quantitative estimate of drug-likeness (QED) is 0.690. The minimum absolute atomic E-state index is 0.770. The van der Waals surface area contributed by atoms with Gasteiger partial charge in [0.15, 0.2) is 0 Å². The van der Waals surface area contributed by atoms with Crippen LogP contribution in [-0.2, 0) is 0 Å². The second kappa shape index (κ2) is 4.72. The van der Waals surface area contributed by atoms with Crippen LogP contribution in [0.15, 0.2) is 18.2 Å². The van der Waals surface area contributed by atoms with Gasteiger partial charge in [-0.2, -0.15) is 0 Å². The molecular formula is C10H16N2O. The van der Waals surface area contributed by atoms with Crippen molar-refractivity contribution in [3.8, 4) is 5.75 Å². The smallest absolute Gasteiger partial charge is 0.121 e. The van der Waals surface area contributed by atoms with Gasteiger partial charge in [-0.25, -0.2) is 0 Å². The molecule has 1 aromatic carbocycles. The zero-order valence-corrected chi connectivity index (χ0v) is 8.35. The van der Waals surface area contributed by atoms with Crippen LogP contribution >= 0.6 is 0 Å². The Kier molecular flexibility index (Phi) is 3.58. The van der Waals surface area contributed by atoms with Crippen LogP contribution in [0.1, 0.15) is 5.56 Å². The number of aryl methyl sites for hydroxylation is 1. The summed E-state index contributed by atoms with van der Waals surface area (Å²) < 4.78 is 5.16. The predicted molar refractivity (Wildman–Crippen MR) is 55.3 cm³/mol. The van der Waals surface area contributed by atoms with E-state index in [9.17, 15) is 0 Å². The van der Waals surface area contributed by atoms with E-state index in [2.05, 4.69) is 16.7 Å². The van der Waals surface area contributed by atoms with Gasteiger partial charge in [0, 0.05) is 5.69 Å². The van der Waals surface area contributed by atoms with Crippen molar-refractivity contribution in [3.63, 3.8) is 0 Å². The first-order chi connectivity index (χ1) is 6.27. The molecule has 13 heavy (non-hydrogen) atoms. The monoisotopic (exact) mass is 180 g/mol. The Balaban J connectivity index is 2.71. The van der Waals surface area contributed by atoms with Gasteiger partial charge in [-0.1, -0.05) is 0 Å². The van der Waals surface area contributed by atoms with Crippen molar-refractivity contribution >= 4 is 5.69 Å². The zero-order valence-electron chi connectivity index (χ0n) is 8.35. The van der Waals surface area contributed by atoms with E-state index in [0.29, 0.717) is 0 Å². The molecule has 0 amide bonds. The van der Waals surface area contributed by atoms with Crippen molar-refractivity contribution in [3.05, 3.63) is 23.8 Å². The maximum atomic E-state index is 5.16. The highest BCUT2D eigenvalue weighted by Gasteiger charge is 1.98. The Morgan fingerprint density at radius 3 is 2.69 bits per heavy atom. The van der Waals surface area contributed by atoms with Gasteiger partial charge < -0.3 is 15.4 Å². The summed E-state index contributed by atoms with van der Waals surface area (Å²) in [4.78, 5) is 0. The van der Waals surface area contributed by atoms with Gasteiger partial charge in [0.2, 0.25) is 0 Å². The molecule has 0 bridgehead atoms. The molecule has 1 rings (SSSR count). The lowest BCUT2D eigenvalue weighted by atomic mass is 10.2. The first-order valence-electron chi connectivity index (χ1n) is 4.31. The fraction of sp³-hybridized carbons (Fsp3) is 0.400. The molecular weight excluding hydrogens is 164 g/mol. The molecule has 3 heteroatoms. The average Bonchev–Trinajstić information content (AvgIpc) is 2.15. The van der Waals surface area contributed by atoms with Crippen molar-refractivity contribution < 1.29 is 4.74 Å². The van der Waals surface area contributed by atoms with Crippen LogP contribution in [-0.4, -0.2) is 20.8 Å². The first kappa shape index (κ1) is 9.86. The van der Waals surface area contributed by atoms with Crippen molar-refractivity contribution in [1.82, 2.24) is 5.32 Å². The van der Waals surface area contributed by atoms with Crippen LogP contribution < -0.4 is 15.4 Å². The van der Waals surface area contributed by atoms with E-state index in [0.717, 1.165) is 23.7 Å². The summed E-state index contributed by atoms with van der Waals surface area (Å²) in [7, 11) is 3.59. The van der Waals surface area contributed by atoms with E-state index < -0.39 is 0 Å². The van der Waals surface area contributed by atoms with Gasteiger partial charge in [0.05, 0.1) is 13.8 Å². The fourth-order valence-corrected chi connectivity index (χ4v) is 1.18. The molecule has 0 aromatic heterocycles. The molecule has 0 atom stereocenters. The molecule has 0 saturated heterocycles. The second-order valence-corrected chi connectivity index (χ2v) is 2.89. The first-order valence-corrected chi connectivity index (χ1v) is 4.31. The summed E-state index contributed by atoms with van der Waals surface area (Å²) in [6.07, 6.45) is 0. The van der Waals surface area contributed by atoms with Crippen LogP contribution in [0.3, 0.4) is 0 Å². The van der Waals surface area contributed by atoms with Gasteiger partial charge in [0.1, 0.15) is 5.75 Å². The third-order valence-corrected chi connectivity index (χ3v) is 1.86. The zero-order chi connectivity index (χ0) is 9.68. The summed E-state index contributed by atoms with van der Waals surface area (Å²) in [5, 5.41) is 6.24. The van der Waals surface area contributed by atoms with Gasteiger partial charge in [-0.3, -0.25) is 0 Å². The van der Waals surface area contributed by atoms with E-state index in [-0.39, 0.29) is 0 Å². The van der Waals surface area contributed by atoms with Crippen molar-refractivity contribution in [2.75, 3.05) is 26.1 Å².